The van der Waals surface area contributed by atoms with Gasteiger partial charge in [0.25, 0.3) is 0 Å². The summed E-state index contributed by atoms with van der Waals surface area (Å²) in [6, 6.07) is 11.1. The molecule has 0 bridgehead atoms. The smallest absolute Gasteiger partial charge is 0.339 e. The third kappa shape index (κ3) is 2.21. The first-order valence-corrected chi connectivity index (χ1v) is 9.64. The van der Waals surface area contributed by atoms with E-state index in [9.17, 15) is 9.90 Å². The van der Waals surface area contributed by atoms with Gasteiger partial charge in [0.2, 0.25) is 0 Å². The second kappa shape index (κ2) is 5.74. The van der Waals surface area contributed by atoms with Gasteiger partial charge in [-0.05, 0) is 42.7 Å². The van der Waals surface area contributed by atoms with E-state index >= 15 is 0 Å². The Labute approximate surface area is 164 Å². The number of ether oxygens (including phenoxy) is 2. The minimum atomic E-state index is -0.957. The number of carbonyl (C=O) groups excluding carboxylic acids is 1. The zero-order valence-electron chi connectivity index (χ0n) is 16.1. The second-order valence-electron chi connectivity index (χ2n) is 8.14. The van der Waals surface area contributed by atoms with Crippen molar-refractivity contribution in [2.75, 3.05) is 0 Å². The van der Waals surface area contributed by atoms with E-state index in [0.29, 0.717) is 17.2 Å². The van der Waals surface area contributed by atoms with Crippen LogP contribution in [0.2, 0.25) is 0 Å². The average Bonchev–Trinajstić information content (AvgIpc) is 2.94. The van der Waals surface area contributed by atoms with E-state index in [1.165, 1.54) is 0 Å². The fraction of sp³-hybridized carbons (Fsp3) is 0.292. The molecule has 2 aromatic rings. The highest BCUT2D eigenvalue weighted by atomic mass is 16.6. The van der Waals surface area contributed by atoms with Crippen LogP contribution in [0.1, 0.15) is 53.7 Å². The molecule has 0 saturated carbocycles. The van der Waals surface area contributed by atoms with Crippen LogP contribution in [-0.2, 0) is 10.3 Å². The number of aromatic hydroxyl groups is 1. The summed E-state index contributed by atoms with van der Waals surface area (Å²) in [7, 11) is 0. The van der Waals surface area contributed by atoms with Crippen LogP contribution < -0.4 is 4.74 Å². The van der Waals surface area contributed by atoms with E-state index in [1.54, 1.807) is 18.2 Å². The third-order valence-corrected chi connectivity index (χ3v) is 6.03. The summed E-state index contributed by atoms with van der Waals surface area (Å²) in [6.07, 6.45) is 5.90. The topological polar surface area (TPSA) is 55.8 Å². The van der Waals surface area contributed by atoms with Gasteiger partial charge in [0.05, 0.1) is 11.5 Å². The van der Waals surface area contributed by atoms with E-state index in [4.69, 9.17) is 9.47 Å². The normalized spacial score (nSPS) is 27.0. The largest absolute Gasteiger partial charge is 0.508 e. The van der Waals surface area contributed by atoms with Crippen LogP contribution in [0.4, 0.5) is 0 Å². The number of carbonyl (C=O) groups is 1. The van der Waals surface area contributed by atoms with E-state index in [-0.39, 0.29) is 23.7 Å². The lowest BCUT2D eigenvalue weighted by molar-refractivity contribution is -0.0418. The van der Waals surface area contributed by atoms with Crippen molar-refractivity contribution in [2.45, 2.75) is 38.4 Å². The highest BCUT2D eigenvalue weighted by Gasteiger charge is 2.58. The molecule has 0 aromatic heterocycles. The molecule has 0 radical (unpaired) electrons. The molecule has 1 aliphatic carbocycles. The molecule has 0 amide bonds. The molecule has 0 saturated heterocycles. The summed E-state index contributed by atoms with van der Waals surface area (Å²) in [4.78, 5) is 13.0. The number of phenols is 1. The van der Waals surface area contributed by atoms with Gasteiger partial charge >= 0.3 is 5.97 Å². The van der Waals surface area contributed by atoms with Gasteiger partial charge < -0.3 is 14.6 Å². The van der Waals surface area contributed by atoms with Crippen molar-refractivity contribution in [1.29, 1.82) is 0 Å². The summed E-state index contributed by atoms with van der Waals surface area (Å²) in [6.45, 7) is 6.24. The molecule has 2 heterocycles. The Morgan fingerprint density at radius 3 is 2.68 bits per heavy atom. The van der Waals surface area contributed by atoms with Gasteiger partial charge in [-0.2, -0.15) is 0 Å². The molecule has 3 aliphatic rings. The number of esters is 1. The summed E-state index contributed by atoms with van der Waals surface area (Å²) in [5.41, 5.74) is 3.50. The van der Waals surface area contributed by atoms with Gasteiger partial charge in [0.1, 0.15) is 17.6 Å². The average molecular weight is 374 g/mol. The predicted octanol–water partition coefficient (Wildman–Crippen LogP) is 4.82. The fourth-order valence-corrected chi connectivity index (χ4v) is 4.62. The van der Waals surface area contributed by atoms with E-state index in [1.807, 2.05) is 31.2 Å². The summed E-state index contributed by atoms with van der Waals surface area (Å²) in [5.74, 6) is 0.509. The van der Waals surface area contributed by atoms with E-state index < -0.39 is 5.60 Å². The Morgan fingerprint density at radius 2 is 1.89 bits per heavy atom. The van der Waals surface area contributed by atoms with Gasteiger partial charge in [-0.3, -0.25) is 0 Å². The molecule has 5 rings (SSSR count). The fourth-order valence-electron chi connectivity index (χ4n) is 4.62. The monoisotopic (exact) mass is 374 g/mol. The van der Waals surface area contributed by atoms with Gasteiger partial charge in [0, 0.05) is 17.2 Å². The zero-order valence-corrected chi connectivity index (χ0v) is 16.1. The summed E-state index contributed by atoms with van der Waals surface area (Å²) in [5, 5.41) is 10.00. The van der Waals surface area contributed by atoms with Crippen LogP contribution in [0, 0.1) is 5.92 Å². The maximum absolute atomic E-state index is 13.0. The molecule has 28 heavy (non-hydrogen) atoms. The molecule has 3 unspecified atom stereocenters. The van der Waals surface area contributed by atoms with Crippen LogP contribution in [0.5, 0.6) is 11.5 Å². The standard InChI is InChI=1S/C24H22O4/c1-13(2)15-5-8-18-17(11-15)23(26)28-24(18)19-7-4-14(3)10-21(19)27-22-12-16(25)6-9-20(22)24/h4-13,19,21,25H,1-3H3. The van der Waals surface area contributed by atoms with E-state index in [0.717, 1.165) is 22.3 Å². The van der Waals surface area contributed by atoms with Gasteiger partial charge in [0.15, 0.2) is 5.60 Å². The predicted molar refractivity (Wildman–Crippen MR) is 106 cm³/mol. The van der Waals surface area contributed by atoms with Crippen LogP contribution in [0.3, 0.4) is 0 Å². The lowest BCUT2D eigenvalue weighted by Crippen LogP contribution is -2.48. The Morgan fingerprint density at radius 1 is 1.11 bits per heavy atom. The molecule has 3 atom stereocenters. The van der Waals surface area contributed by atoms with Crippen molar-refractivity contribution < 1.29 is 19.4 Å². The zero-order chi connectivity index (χ0) is 19.6. The lowest BCUT2D eigenvalue weighted by atomic mass is 9.69. The molecule has 2 aliphatic heterocycles. The Bertz CT molecular complexity index is 1060. The number of phenolic OH excluding ortho intramolecular Hbond substituents is 1. The van der Waals surface area contributed by atoms with Gasteiger partial charge in [-0.25, -0.2) is 4.79 Å². The van der Waals surface area contributed by atoms with Crippen molar-refractivity contribution in [1.82, 2.24) is 0 Å². The first kappa shape index (κ1) is 17.1. The van der Waals surface area contributed by atoms with Gasteiger partial charge in [-0.1, -0.05) is 43.7 Å². The number of hydrogen-bond acceptors (Lipinski definition) is 4. The minimum absolute atomic E-state index is 0.124. The number of benzene rings is 2. The molecule has 142 valence electrons. The molecule has 1 N–H and O–H groups in total. The highest BCUT2D eigenvalue weighted by Crippen LogP contribution is 2.56. The van der Waals surface area contributed by atoms with Crippen molar-refractivity contribution >= 4 is 5.97 Å². The first-order valence-electron chi connectivity index (χ1n) is 9.64. The van der Waals surface area contributed by atoms with Crippen LogP contribution in [0.15, 0.2) is 60.2 Å². The van der Waals surface area contributed by atoms with E-state index in [2.05, 4.69) is 26.0 Å². The SMILES string of the molecule is CC1=CC2Oc3cc(O)ccc3C3(OC(=O)c4cc(C(C)C)ccc43)C2C=C1. The van der Waals surface area contributed by atoms with Crippen LogP contribution >= 0.6 is 0 Å². The van der Waals surface area contributed by atoms with Crippen molar-refractivity contribution in [3.63, 3.8) is 0 Å². The molecule has 4 nitrogen and oxygen atoms in total. The second-order valence-corrected chi connectivity index (χ2v) is 8.14. The molecular weight excluding hydrogens is 352 g/mol. The first-order chi connectivity index (χ1) is 13.4. The highest BCUT2D eigenvalue weighted by molar-refractivity contribution is 5.96. The maximum atomic E-state index is 13.0. The van der Waals surface area contributed by atoms with Crippen molar-refractivity contribution in [3.05, 3.63) is 82.5 Å². The lowest BCUT2D eigenvalue weighted by Gasteiger charge is -2.45. The summed E-state index contributed by atoms with van der Waals surface area (Å²) >= 11 is 0. The van der Waals surface area contributed by atoms with Crippen LogP contribution in [-0.4, -0.2) is 17.2 Å². The minimum Gasteiger partial charge on any atom is -0.508 e. The maximum Gasteiger partial charge on any atom is 0.339 e. The Hall–Kier alpha value is -3.01. The molecule has 1 spiro atoms. The quantitative estimate of drug-likeness (QED) is 0.727. The third-order valence-electron chi connectivity index (χ3n) is 6.03. The van der Waals surface area contributed by atoms with Gasteiger partial charge in [-0.15, -0.1) is 0 Å². The molecule has 2 aromatic carbocycles. The number of fused-ring (bicyclic) bond motifs is 6. The molecule has 0 fully saturated rings. The Kier molecular flexibility index (Phi) is 3.51. The number of rotatable bonds is 1. The summed E-state index contributed by atoms with van der Waals surface area (Å²) < 4.78 is 12.4. The van der Waals surface area contributed by atoms with Crippen LogP contribution in [0.25, 0.3) is 0 Å². The van der Waals surface area contributed by atoms with Crippen molar-refractivity contribution in [2.24, 2.45) is 5.92 Å². The number of allylic oxidation sites excluding steroid dienone is 2. The Balaban J connectivity index is 1.79. The molecular formula is C24H22O4. The molecule has 4 heteroatoms. The number of hydrogen-bond donors (Lipinski definition) is 1. The van der Waals surface area contributed by atoms with Crippen molar-refractivity contribution in [3.8, 4) is 11.5 Å².